The van der Waals surface area contributed by atoms with Gasteiger partial charge in [-0.05, 0) is 81.0 Å². The lowest BCUT2D eigenvalue weighted by molar-refractivity contribution is -0.131. The lowest BCUT2D eigenvalue weighted by Gasteiger charge is -2.38. The van der Waals surface area contributed by atoms with Crippen LogP contribution in [0.5, 0.6) is 0 Å². The molecule has 1 aliphatic heterocycles. The monoisotopic (exact) mass is 377 g/mol. The summed E-state index contributed by atoms with van der Waals surface area (Å²) in [5, 5.41) is 8.70. The first-order valence-corrected chi connectivity index (χ1v) is 9.15. The van der Waals surface area contributed by atoms with Crippen LogP contribution in [0.15, 0.2) is 47.8 Å². The summed E-state index contributed by atoms with van der Waals surface area (Å²) in [5.74, 6) is -1.43. The number of carbonyl (C=O) groups is 1. The molecule has 26 heavy (non-hydrogen) atoms. The van der Waals surface area contributed by atoms with E-state index in [4.69, 9.17) is 16.7 Å². The Bertz CT molecular complexity index is 780. The Balaban J connectivity index is 2.32. The molecule has 0 bridgehead atoms. The number of rotatable bonds is 5. The van der Waals surface area contributed by atoms with E-state index in [0.29, 0.717) is 17.2 Å². The average Bonchev–Trinajstić information content (AvgIpc) is 2.57. The lowest BCUT2D eigenvalue weighted by Crippen LogP contribution is -2.40. The smallest absolute Gasteiger partial charge is 0.328 e. The molecule has 1 aliphatic rings. The molecule has 0 fully saturated rings. The van der Waals surface area contributed by atoms with Crippen molar-refractivity contribution in [2.24, 2.45) is 0 Å². The van der Waals surface area contributed by atoms with Gasteiger partial charge in [-0.25, -0.2) is 9.18 Å². The van der Waals surface area contributed by atoms with Crippen LogP contribution in [-0.4, -0.2) is 22.6 Å². The number of anilines is 1. The predicted octanol–water partition coefficient (Wildman–Crippen LogP) is 5.70. The molecule has 140 valence electrons. The Morgan fingerprint density at radius 1 is 1.35 bits per heavy atom. The van der Waals surface area contributed by atoms with E-state index in [1.54, 1.807) is 13.8 Å². The number of nitrogens with zero attached hydrogens (tertiary/aromatic N) is 1. The van der Waals surface area contributed by atoms with Crippen molar-refractivity contribution >= 4 is 28.8 Å². The summed E-state index contributed by atoms with van der Waals surface area (Å²) in [4.78, 5) is 12.8. The Labute approximate surface area is 159 Å². The third-order valence-electron chi connectivity index (χ3n) is 4.50. The molecule has 2 rings (SSSR count). The van der Waals surface area contributed by atoms with Gasteiger partial charge in [0.2, 0.25) is 0 Å². The predicted molar refractivity (Wildman–Crippen MR) is 106 cm³/mol. The van der Waals surface area contributed by atoms with Crippen LogP contribution in [0.3, 0.4) is 0 Å². The van der Waals surface area contributed by atoms with Gasteiger partial charge in [0.1, 0.15) is 11.3 Å². The summed E-state index contributed by atoms with van der Waals surface area (Å²) < 4.78 is 14.5. The lowest BCUT2D eigenvalue weighted by atomic mass is 9.95. The Hall–Kier alpha value is -2.07. The molecule has 0 aliphatic carbocycles. The molecule has 3 nitrogen and oxygen atoms in total. The van der Waals surface area contributed by atoms with Gasteiger partial charge >= 0.3 is 5.97 Å². The zero-order valence-electron chi connectivity index (χ0n) is 15.6. The van der Waals surface area contributed by atoms with Crippen LogP contribution < -0.4 is 4.90 Å². The van der Waals surface area contributed by atoms with Crippen LogP contribution in [0, 0.1) is 0 Å². The minimum atomic E-state index is -1.05. The zero-order chi connectivity index (χ0) is 19.4. The second-order valence-corrected chi connectivity index (χ2v) is 7.35. The Morgan fingerprint density at radius 2 is 2.04 bits per heavy atom. The maximum atomic E-state index is 14.5. The molecule has 1 unspecified atom stereocenters. The molecular weight excluding hydrogens is 353 g/mol. The number of hydrogen-bond acceptors (Lipinski definition) is 2. The van der Waals surface area contributed by atoms with Gasteiger partial charge < -0.3 is 10.0 Å². The number of benzene rings is 1. The highest BCUT2D eigenvalue weighted by molar-refractivity contribution is 6.22. The van der Waals surface area contributed by atoms with E-state index in [1.165, 1.54) is 17.7 Å². The van der Waals surface area contributed by atoms with Crippen molar-refractivity contribution in [3.05, 3.63) is 59.0 Å². The summed E-state index contributed by atoms with van der Waals surface area (Å²) in [6, 6.07) is 6.24. The molecule has 0 saturated heterocycles. The topological polar surface area (TPSA) is 40.5 Å². The van der Waals surface area contributed by atoms with Gasteiger partial charge in [-0.15, -0.1) is 0 Å². The van der Waals surface area contributed by atoms with E-state index in [9.17, 15) is 9.18 Å². The highest BCUT2D eigenvalue weighted by atomic mass is 35.5. The van der Waals surface area contributed by atoms with E-state index in [1.807, 2.05) is 18.2 Å². The fourth-order valence-corrected chi connectivity index (χ4v) is 3.59. The maximum Gasteiger partial charge on any atom is 0.328 e. The van der Waals surface area contributed by atoms with E-state index >= 15 is 0 Å². The van der Waals surface area contributed by atoms with Crippen molar-refractivity contribution in [2.45, 2.75) is 52.1 Å². The first-order chi connectivity index (χ1) is 12.2. The fraction of sp³-hybridized carbons (Fsp3) is 0.381. The highest BCUT2D eigenvalue weighted by Gasteiger charge is 2.26. The molecular formula is C21H25ClFNO2. The number of aliphatic carboxylic acids is 1. The van der Waals surface area contributed by atoms with E-state index in [2.05, 4.69) is 18.7 Å². The van der Waals surface area contributed by atoms with E-state index < -0.39 is 5.97 Å². The van der Waals surface area contributed by atoms with E-state index in [0.717, 1.165) is 30.2 Å². The van der Waals surface area contributed by atoms with Crippen molar-refractivity contribution in [2.75, 3.05) is 4.90 Å². The minimum absolute atomic E-state index is 0.0198. The van der Waals surface area contributed by atoms with Crippen molar-refractivity contribution in [3.63, 3.8) is 0 Å². The molecule has 1 aromatic carbocycles. The largest absolute Gasteiger partial charge is 0.478 e. The van der Waals surface area contributed by atoms with Gasteiger partial charge in [0, 0.05) is 17.8 Å². The standard InChI is InChI=1S/C21H25ClFNO2/c1-13(2)24-19-9-6-16(12-17(19)7-10-20(24)22)15(4)18(23)8-5-14(3)11-21(25)26/h5-6,8-9,11-13,20H,7,10H2,1-4H3,(H,25,26)/b8-5+,14-11+,18-15+. The summed E-state index contributed by atoms with van der Waals surface area (Å²) >= 11 is 6.47. The minimum Gasteiger partial charge on any atom is -0.478 e. The van der Waals surface area contributed by atoms with Crippen LogP contribution >= 0.6 is 11.6 Å². The molecule has 1 N–H and O–H groups in total. The number of allylic oxidation sites excluding steroid dienone is 5. The molecule has 1 heterocycles. The Kier molecular flexibility index (Phi) is 6.65. The first kappa shape index (κ1) is 20.2. The number of carboxylic acids is 1. The van der Waals surface area contributed by atoms with Gasteiger partial charge in [-0.3, -0.25) is 0 Å². The van der Waals surface area contributed by atoms with Crippen molar-refractivity contribution in [1.29, 1.82) is 0 Å². The van der Waals surface area contributed by atoms with Crippen molar-refractivity contribution in [3.8, 4) is 0 Å². The Morgan fingerprint density at radius 3 is 2.65 bits per heavy atom. The molecule has 0 saturated carbocycles. The zero-order valence-corrected chi connectivity index (χ0v) is 16.3. The molecule has 0 amide bonds. The third kappa shape index (κ3) is 4.76. The van der Waals surface area contributed by atoms with Crippen molar-refractivity contribution in [1.82, 2.24) is 0 Å². The normalized spacial score (nSPS) is 19.0. The quantitative estimate of drug-likeness (QED) is 0.309. The molecule has 1 atom stereocenters. The van der Waals surface area contributed by atoms with Crippen LogP contribution in [0.4, 0.5) is 10.1 Å². The highest BCUT2D eigenvalue weighted by Crippen LogP contribution is 2.36. The molecule has 1 aromatic rings. The number of aryl methyl sites for hydroxylation is 1. The second kappa shape index (κ2) is 8.54. The summed E-state index contributed by atoms with van der Waals surface area (Å²) in [5.41, 5.74) is 4.09. The number of fused-ring (bicyclic) bond motifs is 1. The fourth-order valence-electron chi connectivity index (χ4n) is 3.15. The summed E-state index contributed by atoms with van der Waals surface area (Å²) in [7, 11) is 0. The van der Waals surface area contributed by atoms with Crippen LogP contribution in [0.2, 0.25) is 0 Å². The van der Waals surface area contributed by atoms with Gasteiger partial charge in [0.05, 0.1) is 0 Å². The summed E-state index contributed by atoms with van der Waals surface area (Å²) in [6.45, 7) is 7.57. The van der Waals surface area contributed by atoms with Gasteiger partial charge in [0.15, 0.2) is 0 Å². The summed E-state index contributed by atoms with van der Waals surface area (Å²) in [6.07, 6.45) is 5.54. The van der Waals surface area contributed by atoms with Crippen LogP contribution in [-0.2, 0) is 11.2 Å². The maximum absolute atomic E-state index is 14.5. The van der Waals surface area contributed by atoms with Crippen LogP contribution in [0.1, 0.15) is 45.2 Å². The first-order valence-electron chi connectivity index (χ1n) is 8.72. The van der Waals surface area contributed by atoms with Crippen LogP contribution in [0.25, 0.3) is 5.57 Å². The molecule has 0 spiro atoms. The van der Waals surface area contributed by atoms with Gasteiger partial charge in [-0.2, -0.15) is 0 Å². The number of carboxylic acid groups (broad SMARTS) is 1. The van der Waals surface area contributed by atoms with Gasteiger partial charge in [0.25, 0.3) is 0 Å². The van der Waals surface area contributed by atoms with E-state index in [-0.39, 0.29) is 11.3 Å². The third-order valence-corrected chi connectivity index (χ3v) is 4.93. The van der Waals surface area contributed by atoms with Crippen molar-refractivity contribution < 1.29 is 14.3 Å². The average molecular weight is 378 g/mol. The number of halogens is 2. The van der Waals surface area contributed by atoms with Gasteiger partial charge in [-0.1, -0.05) is 23.7 Å². The molecule has 0 aromatic heterocycles. The molecule has 0 radical (unpaired) electrons. The second-order valence-electron chi connectivity index (χ2n) is 6.85. The number of alkyl halides is 1. The molecule has 5 heteroatoms. The SMILES string of the molecule is CC(/C=C/C(F)=C(/C)c1ccc2c(c1)CCC(Cl)N2C(C)C)=C\C(=O)O. The number of hydrogen-bond donors (Lipinski definition) is 1.